The molecule has 1 amide bonds. The van der Waals surface area contributed by atoms with Crippen molar-refractivity contribution in [1.29, 1.82) is 0 Å². The fraction of sp³-hybridized carbons (Fsp3) is 0.273. The van der Waals surface area contributed by atoms with Gasteiger partial charge in [-0.3, -0.25) is 9.59 Å². The number of likely N-dealkylation sites (N-methyl/N-ethyl adjacent to an activating group) is 1. The highest BCUT2D eigenvalue weighted by atomic mass is 16.2. The van der Waals surface area contributed by atoms with Crippen LogP contribution in [0.25, 0.3) is 10.9 Å². The van der Waals surface area contributed by atoms with Gasteiger partial charge in [0.15, 0.2) is 0 Å². The first kappa shape index (κ1) is 11.3. The van der Waals surface area contributed by atoms with Gasteiger partial charge in [0.1, 0.15) is 12.1 Å². The second-order valence-electron chi connectivity index (χ2n) is 3.86. The maximum atomic E-state index is 12.0. The van der Waals surface area contributed by atoms with Crippen LogP contribution in [0.4, 0.5) is 0 Å². The number of benzene rings is 1. The van der Waals surface area contributed by atoms with Gasteiger partial charge >= 0.3 is 0 Å². The molecule has 0 aliphatic heterocycles. The molecule has 2 aromatic rings. The number of hydrogen-bond donors (Lipinski definition) is 0. The van der Waals surface area contributed by atoms with E-state index in [0.29, 0.717) is 10.9 Å². The summed E-state index contributed by atoms with van der Waals surface area (Å²) in [6.45, 7) is -0.0936. The maximum absolute atomic E-state index is 12.0. The Balaban J connectivity index is 2.47. The van der Waals surface area contributed by atoms with E-state index in [-0.39, 0.29) is 18.0 Å². The molecule has 0 N–H and O–H groups in total. The van der Waals surface area contributed by atoms with E-state index < -0.39 is 0 Å². The largest absolute Gasteiger partial charge is 0.347 e. The van der Waals surface area contributed by atoms with Crippen LogP contribution in [0.2, 0.25) is 0 Å². The molecular formula is C11H12N4O2. The lowest BCUT2D eigenvalue weighted by Gasteiger charge is -2.10. The van der Waals surface area contributed by atoms with Crippen LogP contribution in [0.15, 0.2) is 29.1 Å². The number of amides is 1. The summed E-state index contributed by atoms with van der Waals surface area (Å²) in [5, 5.41) is 8.10. The molecule has 6 nitrogen and oxygen atoms in total. The number of hydrogen-bond acceptors (Lipinski definition) is 4. The Morgan fingerprint density at radius 3 is 2.76 bits per heavy atom. The highest BCUT2D eigenvalue weighted by Gasteiger charge is 2.10. The Labute approximate surface area is 97.5 Å². The van der Waals surface area contributed by atoms with Gasteiger partial charge in [0.2, 0.25) is 5.91 Å². The first-order valence-electron chi connectivity index (χ1n) is 5.12. The molecule has 1 heterocycles. The van der Waals surface area contributed by atoms with Gasteiger partial charge in [-0.15, -0.1) is 5.10 Å². The van der Waals surface area contributed by atoms with E-state index in [9.17, 15) is 9.59 Å². The van der Waals surface area contributed by atoms with E-state index in [1.165, 1.54) is 4.90 Å². The van der Waals surface area contributed by atoms with Gasteiger partial charge in [-0.2, -0.15) is 0 Å². The van der Waals surface area contributed by atoms with Crippen molar-refractivity contribution >= 4 is 16.8 Å². The molecule has 0 unspecified atom stereocenters. The standard InChI is InChI=1S/C11H12N4O2/c1-14(2)10(16)7-15-11(17)8-5-3-4-6-9(8)12-13-15/h3-6H,7H2,1-2H3. The summed E-state index contributed by atoms with van der Waals surface area (Å²) < 4.78 is 1.07. The van der Waals surface area contributed by atoms with Crippen LogP contribution in [0.1, 0.15) is 0 Å². The first-order valence-corrected chi connectivity index (χ1v) is 5.12. The van der Waals surface area contributed by atoms with E-state index in [1.54, 1.807) is 38.4 Å². The number of fused-ring (bicyclic) bond motifs is 1. The van der Waals surface area contributed by atoms with Gasteiger partial charge in [0.25, 0.3) is 5.56 Å². The monoisotopic (exact) mass is 232 g/mol. The lowest BCUT2D eigenvalue weighted by molar-refractivity contribution is -0.129. The van der Waals surface area contributed by atoms with Gasteiger partial charge in [-0.05, 0) is 12.1 Å². The van der Waals surface area contributed by atoms with Crippen LogP contribution < -0.4 is 5.56 Å². The van der Waals surface area contributed by atoms with Gasteiger partial charge in [0.05, 0.1) is 5.39 Å². The van der Waals surface area contributed by atoms with E-state index in [1.807, 2.05) is 0 Å². The lowest BCUT2D eigenvalue weighted by Crippen LogP contribution is -2.33. The minimum Gasteiger partial charge on any atom is -0.347 e. The van der Waals surface area contributed by atoms with Gasteiger partial charge in [-0.1, -0.05) is 17.3 Å². The molecule has 0 aliphatic rings. The maximum Gasteiger partial charge on any atom is 0.278 e. The molecule has 0 saturated carbocycles. The molecule has 88 valence electrons. The fourth-order valence-corrected chi connectivity index (χ4v) is 1.40. The second-order valence-corrected chi connectivity index (χ2v) is 3.86. The molecule has 0 atom stereocenters. The van der Waals surface area contributed by atoms with Crippen molar-refractivity contribution in [2.45, 2.75) is 6.54 Å². The molecule has 0 fully saturated rings. The van der Waals surface area contributed by atoms with E-state index in [4.69, 9.17) is 0 Å². The van der Waals surface area contributed by atoms with Crippen LogP contribution in [0.3, 0.4) is 0 Å². The molecule has 0 spiro atoms. The van der Waals surface area contributed by atoms with Crippen molar-refractivity contribution in [3.8, 4) is 0 Å². The van der Waals surface area contributed by atoms with Gasteiger partial charge < -0.3 is 4.90 Å². The Morgan fingerprint density at radius 2 is 2.06 bits per heavy atom. The molecule has 0 aliphatic carbocycles. The van der Waals surface area contributed by atoms with Crippen molar-refractivity contribution in [1.82, 2.24) is 19.9 Å². The number of carbonyl (C=O) groups is 1. The fourth-order valence-electron chi connectivity index (χ4n) is 1.40. The lowest BCUT2D eigenvalue weighted by atomic mass is 10.2. The zero-order valence-electron chi connectivity index (χ0n) is 9.62. The molecule has 17 heavy (non-hydrogen) atoms. The van der Waals surface area contributed by atoms with Crippen molar-refractivity contribution < 1.29 is 4.79 Å². The number of rotatable bonds is 2. The average molecular weight is 232 g/mol. The molecule has 0 radical (unpaired) electrons. The predicted octanol–water partition coefficient (Wildman–Crippen LogP) is -0.120. The summed E-state index contributed by atoms with van der Waals surface area (Å²) in [6, 6.07) is 6.92. The van der Waals surface area contributed by atoms with Crippen LogP contribution in [0.5, 0.6) is 0 Å². The Bertz CT molecular complexity index is 618. The van der Waals surface area contributed by atoms with Crippen molar-refractivity contribution in [3.63, 3.8) is 0 Å². The molecule has 6 heteroatoms. The summed E-state index contributed by atoms with van der Waals surface area (Å²) in [5.41, 5.74) is 0.233. The number of nitrogens with zero attached hydrogens (tertiary/aromatic N) is 4. The molecule has 0 saturated heterocycles. The summed E-state index contributed by atoms with van der Waals surface area (Å²) in [6.07, 6.45) is 0. The normalized spacial score (nSPS) is 10.5. The third kappa shape index (κ3) is 2.15. The second kappa shape index (κ2) is 4.32. The minimum atomic E-state index is -0.300. The third-order valence-electron chi connectivity index (χ3n) is 2.41. The van der Waals surface area contributed by atoms with E-state index in [2.05, 4.69) is 10.3 Å². The molecule has 1 aromatic heterocycles. The molecule has 1 aromatic carbocycles. The zero-order valence-corrected chi connectivity index (χ0v) is 9.62. The molecule has 2 rings (SSSR count). The SMILES string of the molecule is CN(C)C(=O)Cn1nnc2ccccc2c1=O. The van der Waals surface area contributed by atoms with Crippen molar-refractivity contribution in [3.05, 3.63) is 34.6 Å². The quantitative estimate of drug-likeness (QED) is 0.724. The van der Waals surface area contributed by atoms with Crippen LogP contribution >= 0.6 is 0 Å². The summed E-state index contributed by atoms with van der Waals surface area (Å²) in [4.78, 5) is 24.9. The van der Waals surface area contributed by atoms with Crippen molar-refractivity contribution in [2.75, 3.05) is 14.1 Å². The average Bonchev–Trinajstić information content (AvgIpc) is 2.33. The van der Waals surface area contributed by atoms with Crippen LogP contribution in [-0.2, 0) is 11.3 Å². The Kier molecular flexibility index (Phi) is 2.86. The Morgan fingerprint density at radius 1 is 1.35 bits per heavy atom. The Hall–Kier alpha value is -2.24. The van der Waals surface area contributed by atoms with E-state index in [0.717, 1.165) is 4.68 Å². The third-order valence-corrected chi connectivity index (χ3v) is 2.41. The van der Waals surface area contributed by atoms with Gasteiger partial charge in [0, 0.05) is 14.1 Å². The minimum absolute atomic E-state index is 0.0936. The summed E-state index contributed by atoms with van der Waals surface area (Å²) >= 11 is 0. The van der Waals surface area contributed by atoms with Gasteiger partial charge in [-0.25, -0.2) is 4.68 Å². The first-order chi connectivity index (χ1) is 8.09. The summed E-state index contributed by atoms with van der Waals surface area (Å²) in [5.74, 6) is -0.198. The number of aromatic nitrogens is 3. The van der Waals surface area contributed by atoms with Crippen LogP contribution in [-0.4, -0.2) is 39.9 Å². The number of carbonyl (C=O) groups excluding carboxylic acids is 1. The topological polar surface area (TPSA) is 68.1 Å². The predicted molar refractivity (Wildman–Crippen MR) is 62.5 cm³/mol. The summed E-state index contributed by atoms with van der Waals surface area (Å²) in [7, 11) is 3.25. The van der Waals surface area contributed by atoms with Crippen molar-refractivity contribution in [2.24, 2.45) is 0 Å². The van der Waals surface area contributed by atoms with Crippen LogP contribution in [0, 0.1) is 0 Å². The smallest absolute Gasteiger partial charge is 0.278 e. The molecule has 0 bridgehead atoms. The highest BCUT2D eigenvalue weighted by molar-refractivity contribution is 5.78. The molecular weight excluding hydrogens is 220 g/mol. The zero-order chi connectivity index (χ0) is 12.4. The van der Waals surface area contributed by atoms with E-state index >= 15 is 0 Å². The highest BCUT2D eigenvalue weighted by Crippen LogP contribution is 2.03.